The van der Waals surface area contributed by atoms with Crippen LogP contribution in [-0.2, 0) is 9.59 Å². The number of rotatable bonds is 3. The maximum Gasteiger partial charge on any atom is 0.260 e. The van der Waals surface area contributed by atoms with E-state index in [0.717, 1.165) is 11.1 Å². The molecule has 23 heavy (non-hydrogen) atoms. The molecular formula is C15H13ClN4O3. The van der Waals surface area contributed by atoms with Crippen molar-refractivity contribution in [2.75, 3.05) is 17.3 Å². The number of halogens is 1. The third kappa shape index (κ3) is 2.95. The normalized spacial score (nSPS) is 16.4. The number of hydrogen-bond donors (Lipinski definition) is 1. The van der Waals surface area contributed by atoms with Crippen LogP contribution in [0.1, 0.15) is 0 Å². The van der Waals surface area contributed by atoms with Crippen molar-refractivity contribution in [1.29, 1.82) is 0 Å². The number of aromatic nitrogens is 2. The Labute approximate surface area is 137 Å². The molecule has 1 atom stereocenters. The minimum atomic E-state index is -0.902. The van der Waals surface area contributed by atoms with E-state index in [2.05, 4.69) is 9.97 Å². The average Bonchev–Trinajstić information content (AvgIpc) is 2.60. The van der Waals surface area contributed by atoms with Gasteiger partial charge in [0.25, 0.3) is 5.91 Å². The Hall–Kier alpha value is -2.67. The third-order valence-electron chi connectivity index (χ3n) is 3.49. The Kier molecular flexibility index (Phi) is 4.12. The Bertz CT molecular complexity index is 754. The van der Waals surface area contributed by atoms with Crippen LogP contribution >= 0.6 is 11.6 Å². The fourth-order valence-electron chi connectivity index (χ4n) is 2.37. The number of primary amides is 1. The summed E-state index contributed by atoms with van der Waals surface area (Å²) in [6, 6.07) is 5.25. The molecule has 0 fully saturated rings. The Morgan fingerprint density at radius 2 is 2.04 bits per heavy atom. The number of carbonyl (C=O) groups excluding carboxylic acids is 2. The van der Waals surface area contributed by atoms with Crippen LogP contribution in [0, 0.1) is 0 Å². The van der Waals surface area contributed by atoms with Crippen molar-refractivity contribution in [1.82, 2.24) is 9.97 Å². The monoisotopic (exact) mass is 332 g/mol. The van der Waals surface area contributed by atoms with Crippen LogP contribution in [0.2, 0.25) is 0 Å². The smallest absolute Gasteiger partial charge is 0.260 e. The van der Waals surface area contributed by atoms with Crippen molar-refractivity contribution in [3.05, 3.63) is 36.9 Å². The van der Waals surface area contributed by atoms with Crippen molar-refractivity contribution in [2.45, 2.75) is 6.10 Å². The summed E-state index contributed by atoms with van der Waals surface area (Å²) in [5.41, 5.74) is 7.45. The van der Waals surface area contributed by atoms with Gasteiger partial charge in [-0.3, -0.25) is 9.59 Å². The lowest BCUT2D eigenvalue weighted by atomic mass is 10.1. The van der Waals surface area contributed by atoms with Gasteiger partial charge in [-0.05, 0) is 17.7 Å². The van der Waals surface area contributed by atoms with Crippen molar-refractivity contribution >= 4 is 29.1 Å². The molecule has 0 spiro atoms. The molecule has 2 N–H and O–H groups in total. The number of anilines is 1. The van der Waals surface area contributed by atoms with E-state index in [1.807, 2.05) is 0 Å². The summed E-state index contributed by atoms with van der Waals surface area (Å²) >= 11 is 5.67. The zero-order valence-electron chi connectivity index (χ0n) is 12.0. The quantitative estimate of drug-likeness (QED) is 0.844. The van der Waals surface area contributed by atoms with Crippen molar-refractivity contribution in [2.24, 2.45) is 5.73 Å². The molecule has 2 amide bonds. The zero-order chi connectivity index (χ0) is 16.4. The van der Waals surface area contributed by atoms with Crippen LogP contribution in [0.15, 0.2) is 36.9 Å². The molecule has 0 radical (unpaired) electrons. The molecule has 118 valence electrons. The van der Waals surface area contributed by atoms with E-state index in [1.54, 1.807) is 30.6 Å². The maximum absolute atomic E-state index is 12.1. The zero-order valence-corrected chi connectivity index (χ0v) is 12.7. The van der Waals surface area contributed by atoms with E-state index in [4.69, 9.17) is 22.1 Å². The minimum absolute atomic E-state index is 0.0304. The molecule has 0 bridgehead atoms. The molecule has 2 heterocycles. The van der Waals surface area contributed by atoms with E-state index in [9.17, 15) is 9.59 Å². The summed E-state index contributed by atoms with van der Waals surface area (Å²) in [7, 11) is 0. The molecule has 1 unspecified atom stereocenters. The highest BCUT2D eigenvalue weighted by molar-refractivity contribution is 6.29. The number of alkyl halides is 1. The van der Waals surface area contributed by atoms with Gasteiger partial charge in [0, 0.05) is 18.0 Å². The van der Waals surface area contributed by atoms with Gasteiger partial charge in [-0.2, -0.15) is 0 Å². The molecule has 8 heteroatoms. The fraction of sp³-hybridized carbons (Fsp3) is 0.200. The molecule has 1 aromatic carbocycles. The summed E-state index contributed by atoms with van der Waals surface area (Å²) in [6.45, 7) is 0.0304. The van der Waals surface area contributed by atoms with Gasteiger partial charge in [0.05, 0.1) is 12.2 Å². The standard InChI is InChI=1S/C15H13ClN4O3/c16-4-14(21)20-7-13(15(17)22)23-12-2-1-9(3-11(12)20)10-5-18-8-19-6-10/h1-3,5-6,8,13H,4,7H2,(H2,17,22). The summed E-state index contributed by atoms with van der Waals surface area (Å²) < 4.78 is 5.57. The Balaban J connectivity index is 2.05. The highest BCUT2D eigenvalue weighted by Gasteiger charge is 2.32. The molecule has 3 rings (SSSR count). The van der Waals surface area contributed by atoms with E-state index < -0.39 is 12.0 Å². The molecule has 0 saturated heterocycles. The largest absolute Gasteiger partial charge is 0.477 e. The van der Waals surface area contributed by atoms with Crippen LogP contribution < -0.4 is 15.4 Å². The van der Waals surface area contributed by atoms with Crippen LogP contribution in [0.3, 0.4) is 0 Å². The van der Waals surface area contributed by atoms with Crippen LogP contribution in [-0.4, -0.2) is 40.3 Å². The number of nitrogens with zero attached hydrogens (tertiary/aromatic N) is 3. The van der Waals surface area contributed by atoms with Crippen molar-refractivity contribution in [3.8, 4) is 16.9 Å². The SMILES string of the molecule is NC(=O)C1CN(C(=O)CCl)c2cc(-c3cncnc3)ccc2O1. The first-order chi connectivity index (χ1) is 11.1. The van der Waals surface area contributed by atoms with Gasteiger partial charge in [-0.15, -0.1) is 11.6 Å². The highest BCUT2D eigenvalue weighted by Crippen LogP contribution is 2.37. The van der Waals surface area contributed by atoms with E-state index in [0.29, 0.717) is 11.4 Å². The van der Waals surface area contributed by atoms with Gasteiger partial charge in [-0.25, -0.2) is 9.97 Å². The first-order valence-corrected chi connectivity index (χ1v) is 7.35. The third-order valence-corrected chi connectivity index (χ3v) is 3.72. The molecule has 0 aliphatic carbocycles. The molecule has 1 aliphatic rings. The summed E-state index contributed by atoms with van der Waals surface area (Å²) in [4.78, 5) is 32.9. The highest BCUT2D eigenvalue weighted by atomic mass is 35.5. The average molecular weight is 333 g/mol. The minimum Gasteiger partial charge on any atom is -0.477 e. The fourth-order valence-corrected chi connectivity index (χ4v) is 2.51. The van der Waals surface area contributed by atoms with E-state index in [-0.39, 0.29) is 18.3 Å². The number of fused-ring (bicyclic) bond motifs is 1. The molecule has 1 aromatic heterocycles. The lowest BCUT2D eigenvalue weighted by Gasteiger charge is -2.33. The maximum atomic E-state index is 12.1. The topological polar surface area (TPSA) is 98.4 Å². The summed E-state index contributed by atoms with van der Waals surface area (Å²) in [5.74, 6) is -0.768. The second-order valence-corrected chi connectivity index (χ2v) is 5.22. The second kappa shape index (κ2) is 6.21. The van der Waals surface area contributed by atoms with Gasteiger partial charge in [0.15, 0.2) is 6.10 Å². The summed E-state index contributed by atoms with van der Waals surface area (Å²) in [5, 5.41) is 0. The van der Waals surface area contributed by atoms with Crippen LogP contribution in [0.4, 0.5) is 5.69 Å². The van der Waals surface area contributed by atoms with Crippen molar-refractivity contribution in [3.63, 3.8) is 0 Å². The van der Waals surface area contributed by atoms with E-state index >= 15 is 0 Å². The van der Waals surface area contributed by atoms with Gasteiger partial charge < -0.3 is 15.4 Å². The van der Waals surface area contributed by atoms with Gasteiger partial charge >= 0.3 is 0 Å². The van der Waals surface area contributed by atoms with Crippen LogP contribution in [0.5, 0.6) is 5.75 Å². The van der Waals surface area contributed by atoms with Gasteiger partial charge in [-0.1, -0.05) is 6.07 Å². The van der Waals surface area contributed by atoms with Crippen molar-refractivity contribution < 1.29 is 14.3 Å². The number of benzene rings is 1. The number of carbonyl (C=O) groups is 2. The summed E-state index contributed by atoms with van der Waals surface area (Å²) in [6.07, 6.45) is 3.86. The number of ether oxygens (including phenoxy) is 1. The Morgan fingerprint density at radius 1 is 1.30 bits per heavy atom. The first-order valence-electron chi connectivity index (χ1n) is 6.82. The number of amides is 2. The van der Waals surface area contributed by atoms with Gasteiger partial charge in [0.1, 0.15) is 18.0 Å². The Morgan fingerprint density at radius 3 is 2.70 bits per heavy atom. The second-order valence-electron chi connectivity index (χ2n) is 4.96. The molecule has 0 saturated carbocycles. The predicted molar refractivity (Wildman–Crippen MR) is 84.2 cm³/mol. The lowest BCUT2D eigenvalue weighted by Crippen LogP contribution is -2.49. The molecule has 1 aliphatic heterocycles. The van der Waals surface area contributed by atoms with E-state index in [1.165, 1.54) is 11.2 Å². The number of nitrogens with two attached hydrogens (primary N) is 1. The van der Waals surface area contributed by atoms with Gasteiger partial charge in [0.2, 0.25) is 5.91 Å². The lowest BCUT2D eigenvalue weighted by molar-refractivity contribution is -0.125. The molecule has 2 aromatic rings. The first kappa shape index (κ1) is 15.2. The number of hydrogen-bond acceptors (Lipinski definition) is 5. The van der Waals surface area contributed by atoms with Crippen LogP contribution in [0.25, 0.3) is 11.1 Å². The molecule has 7 nitrogen and oxygen atoms in total. The molecular weight excluding hydrogens is 320 g/mol. The predicted octanol–water partition coefficient (Wildman–Crippen LogP) is 0.962.